The summed E-state index contributed by atoms with van der Waals surface area (Å²) in [5, 5.41) is 6.00. The Bertz CT molecular complexity index is 412. The van der Waals surface area contributed by atoms with Crippen LogP contribution in [0, 0.1) is 11.3 Å². The van der Waals surface area contributed by atoms with E-state index in [4.69, 9.17) is 0 Å². The zero-order valence-electron chi connectivity index (χ0n) is 10.3. The maximum atomic E-state index is 12.7. The number of aromatic nitrogens is 2. The van der Waals surface area contributed by atoms with Gasteiger partial charge in [0.1, 0.15) is 0 Å². The van der Waals surface area contributed by atoms with E-state index in [1.807, 2.05) is 0 Å². The maximum absolute atomic E-state index is 12.7. The number of nitrogens with one attached hydrogen (secondary N) is 1. The molecule has 0 saturated heterocycles. The lowest BCUT2D eigenvalue weighted by Crippen LogP contribution is -2.27. The van der Waals surface area contributed by atoms with E-state index in [2.05, 4.69) is 31.0 Å². The van der Waals surface area contributed by atoms with Crippen molar-refractivity contribution in [3.8, 4) is 0 Å². The molecule has 0 unspecified atom stereocenters. The summed E-state index contributed by atoms with van der Waals surface area (Å²) in [6, 6.07) is 0. The molecule has 1 N–H and O–H groups in total. The van der Waals surface area contributed by atoms with Crippen LogP contribution in [0.4, 0.5) is 13.2 Å². The predicted octanol–water partition coefficient (Wildman–Crippen LogP) is 3.58. The molecule has 0 radical (unpaired) electrons. The Morgan fingerprint density at radius 2 is 1.88 bits per heavy atom. The molecular weight excluding hydrogens is 229 g/mol. The van der Waals surface area contributed by atoms with Crippen LogP contribution in [0.15, 0.2) is 0 Å². The van der Waals surface area contributed by atoms with E-state index in [0.717, 1.165) is 6.42 Å². The third-order valence-corrected chi connectivity index (χ3v) is 3.64. The topological polar surface area (TPSA) is 28.7 Å². The normalized spacial score (nSPS) is 21.4. The van der Waals surface area contributed by atoms with Crippen LogP contribution in [-0.2, 0) is 19.0 Å². The average molecular weight is 246 g/mol. The molecule has 0 aliphatic heterocycles. The van der Waals surface area contributed by atoms with E-state index in [9.17, 15) is 13.2 Å². The maximum Gasteiger partial charge on any atom is 0.435 e. The number of aromatic amines is 1. The summed E-state index contributed by atoms with van der Waals surface area (Å²) in [5.74, 6) is 0.413. The first-order chi connectivity index (χ1) is 7.69. The molecule has 1 aliphatic carbocycles. The number of hydrogen-bond acceptors (Lipinski definition) is 1. The zero-order chi connectivity index (χ0) is 12.8. The van der Waals surface area contributed by atoms with Gasteiger partial charge >= 0.3 is 6.18 Å². The Morgan fingerprint density at radius 3 is 2.41 bits per heavy atom. The third-order valence-electron chi connectivity index (χ3n) is 3.64. The molecule has 1 aromatic rings. The number of alkyl halides is 3. The van der Waals surface area contributed by atoms with Gasteiger partial charge in [-0.05, 0) is 30.6 Å². The Balaban J connectivity index is 2.28. The van der Waals surface area contributed by atoms with Crippen LogP contribution in [0.2, 0.25) is 0 Å². The van der Waals surface area contributed by atoms with Crippen molar-refractivity contribution < 1.29 is 13.2 Å². The van der Waals surface area contributed by atoms with E-state index < -0.39 is 11.9 Å². The van der Waals surface area contributed by atoms with Crippen LogP contribution in [-0.4, -0.2) is 10.2 Å². The largest absolute Gasteiger partial charge is 0.435 e. The first-order valence-electron chi connectivity index (χ1n) is 5.83. The molecule has 0 fully saturated rings. The van der Waals surface area contributed by atoms with Crippen molar-refractivity contribution in [2.45, 2.75) is 46.2 Å². The molecule has 1 aliphatic rings. The van der Waals surface area contributed by atoms with Crippen molar-refractivity contribution >= 4 is 0 Å². The Kier molecular flexibility index (Phi) is 2.75. The van der Waals surface area contributed by atoms with Crippen LogP contribution < -0.4 is 0 Å². The lowest BCUT2D eigenvalue weighted by Gasteiger charge is -2.33. The monoisotopic (exact) mass is 246 g/mol. The van der Waals surface area contributed by atoms with Gasteiger partial charge in [-0.3, -0.25) is 5.10 Å². The van der Waals surface area contributed by atoms with Gasteiger partial charge in [0.25, 0.3) is 0 Å². The van der Waals surface area contributed by atoms with Crippen molar-refractivity contribution in [3.63, 3.8) is 0 Å². The van der Waals surface area contributed by atoms with Gasteiger partial charge < -0.3 is 0 Å². The van der Waals surface area contributed by atoms with Gasteiger partial charge in [0.2, 0.25) is 0 Å². The summed E-state index contributed by atoms with van der Waals surface area (Å²) in [6.07, 6.45) is -2.39. The summed E-state index contributed by atoms with van der Waals surface area (Å²) in [4.78, 5) is 0. The molecule has 0 saturated carbocycles. The quantitative estimate of drug-likeness (QED) is 0.744. The number of halogens is 3. The minimum Gasteiger partial charge on any atom is -0.282 e. The lowest BCUT2D eigenvalue weighted by atomic mass is 9.72. The lowest BCUT2D eigenvalue weighted by molar-refractivity contribution is -0.141. The molecular formula is C12H17F3N2. The molecule has 0 spiro atoms. The molecule has 17 heavy (non-hydrogen) atoms. The molecule has 0 amide bonds. The summed E-state index contributed by atoms with van der Waals surface area (Å²) in [5.41, 5.74) is 0.447. The molecule has 1 heterocycles. The molecule has 0 aromatic carbocycles. The van der Waals surface area contributed by atoms with Crippen LogP contribution in [0.3, 0.4) is 0 Å². The van der Waals surface area contributed by atoms with Crippen molar-refractivity contribution in [2.24, 2.45) is 11.3 Å². The van der Waals surface area contributed by atoms with E-state index in [0.29, 0.717) is 30.0 Å². The Morgan fingerprint density at radius 1 is 1.24 bits per heavy atom. The first-order valence-corrected chi connectivity index (χ1v) is 5.83. The Labute approximate surface area is 98.6 Å². The summed E-state index contributed by atoms with van der Waals surface area (Å²) in [6.45, 7) is 6.39. The predicted molar refractivity (Wildman–Crippen MR) is 58.6 cm³/mol. The van der Waals surface area contributed by atoms with Crippen LogP contribution in [0.5, 0.6) is 0 Å². The second-order valence-corrected chi connectivity index (χ2v) is 5.83. The van der Waals surface area contributed by atoms with E-state index >= 15 is 0 Å². The molecule has 1 atom stereocenters. The number of rotatable bonds is 0. The van der Waals surface area contributed by atoms with Gasteiger partial charge in [0.15, 0.2) is 5.69 Å². The Hall–Kier alpha value is -1.00. The number of hydrogen-bond donors (Lipinski definition) is 1. The molecule has 0 bridgehead atoms. The van der Waals surface area contributed by atoms with Crippen molar-refractivity contribution in [1.29, 1.82) is 0 Å². The van der Waals surface area contributed by atoms with Gasteiger partial charge in [0, 0.05) is 11.3 Å². The second-order valence-electron chi connectivity index (χ2n) is 5.83. The molecule has 2 nitrogen and oxygen atoms in total. The number of nitrogens with zero attached hydrogens (tertiary/aromatic N) is 1. The molecule has 2 rings (SSSR count). The standard InChI is InChI=1S/C12H17F3N2/c1-11(2,3)7-4-5-8-9(6-7)16-17-10(8)12(13,14)15/h7H,4-6H2,1-3H3,(H,16,17)/t7-/m0/s1. The highest BCUT2D eigenvalue weighted by Gasteiger charge is 2.40. The van der Waals surface area contributed by atoms with E-state index in [-0.39, 0.29) is 5.41 Å². The van der Waals surface area contributed by atoms with Crippen molar-refractivity contribution in [1.82, 2.24) is 10.2 Å². The van der Waals surface area contributed by atoms with E-state index in [1.54, 1.807) is 0 Å². The molecule has 1 aromatic heterocycles. The van der Waals surface area contributed by atoms with Gasteiger partial charge in [-0.25, -0.2) is 0 Å². The van der Waals surface area contributed by atoms with Crippen molar-refractivity contribution in [2.75, 3.05) is 0 Å². The highest BCUT2D eigenvalue weighted by atomic mass is 19.4. The highest BCUT2D eigenvalue weighted by molar-refractivity contribution is 5.30. The first kappa shape index (κ1) is 12.5. The second kappa shape index (κ2) is 3.75. The third kappa shape index (κ3) is 2.33. The van der Waals surface area contributed by atoms with Gasteiger partial charge in [-0.15, -0.1) is 0 Å². The van der Waals surface area contributed by atoms with Gasteiger partial charge in [-0.2, -0.15) is 18.3 Å². The molecule has 96 valence electrons. The van der Waals surface area contributed by atoms with Gasteiger partial charge in [-0.1, -0.05) is 20.8 Å². The SMILES string of the molecule is CC(C)(C)[C@H]1CCc2c(C(F)(F)F)n[nH]c2C1. The van der Waals surface area contributed by atoms with Crippen LogP contribution >= 0.6 is 0 Å². The van der Waals surface area contributed by atoms with Gasteiger partial charge in [0.05, 0.1) is 0 Å². The zero-order valence-corrected chi connectivity index (χ0v) is 10.3. The fourth-order valence-electron chi connectivity index (χ4n) is 2.48. The summed E-state index contributed by atoms with van der Waals surface area (Å²) in [7, 11) is 0. The van der Waals surface area contributed by atoms with Crippen molar-refractivity contribution in [3.05, 3.63) is 17.0 Å². The minimum absolute atomic E-state index is 0.126. The fourth-order valence-corrected chi connectivity index (χ4v) is 2.48. The summed E-state index contributed by atoms with van der Waals surface area (Å²) >= 11 is 0. The minimum atomic E-state index is -4.33. The smallest absolute Gasteiger partial charge is 0.282 e. The highest BCUT2D eigenvalue weighted by Crippen LogP contribution is 2.40. The van der Waals surface area contributed by atoms with Crippen LogP contribution in [0.25, 0.3) is 0 Å². The summed E-state index contributed by atoms with van der Waals surface area (Å²) < 4.78 is 38.0. The van der Waals surface area contributed by atoms with Crippen LogP contribution in [0.1, 0.15) is 44.1 Å². The number of fused-ring (bicyclic) bond motifs is 1. The molecule has 5 heteroatoms. The number of H-pyrrole nitrogens is 1. The fraction of sp³-hybridized carbons (Fsp3) is 0.750. The average Bonchev–Trinajstić information content (AvgIpc) is 2.57. The van der Waals surface area contributed by atoms with E-state index in [1.165, 1.54) is 0 Å².